The lowest BCUT2D eigenvalue weighted by Crippen LogP contribution is -2.42. The van der Waals surface area contributed by atoms with E-state index in [0.29, 0.717) is 15.1 Å². The van der Waals surface area contributed by atoms with E-state index >= 15 is 0 Å². The fourth-order valence-corrected chi connectivity index (χ4v) is 2.97. The number of carbonyl (C=O) groups excluding carboxylic acids is 1. The summed E-state index contributed by atoms with van der Waals surface area (Å²) in [6, 6.07) is 4.94. The first kappa shape index (κ1) is 14.8. The van der Waals surface area contributed by atoms with Crippen molar-refractivity contribution in [2.24, 2.45) is 0 Å². The second-order valence-electron chi connectivity index (χ2n) is 4.91. The number of aliphatic hydroxyl groups is 1. The maximum atomic E-state index is 12.2. The zero-order valence-corrected chi connectivity index (χ0v) is 12.9. The summed E-state index contributed by atoms with van der Waals surface area (Å²) >= 11 is 9.25. The van der Waals surface area contributed by atoms with Gasteiger partial charge >= 0.3 is 0 Å². The Morgan fingerprint density at radius 2 is 2.05 bits per heavy atom. The molecule has 2 N–H and O–H groups in total. The molecule has 1 aliphatic rings. The van der Waals surface area contributed by atoms with E-state index in [4.69, 9.17) is 11.6 Å². The van der Waals surface area contributed by atoms with Crippen molar-refractivity contribution in [1.82, 2.24) is 5.32 Å². The standard InChI is InChI=1S/C14H17BrClNO2/c15-11-7-6-9(16)8-10(11)14(19)17-12-4-2-1-3-5-13(12)18/h6-8,12-13,18H,1-5H2,(H,17,19). The number of halogens is 2. The van der Waals surface area contributed by atoms with Crippen molar-refractivity contribution in [1.29, 1.82) is 0 Å². The number of hydrogen-bond acceptors (Lipinski definition) is 2. The van der Waals surface area contributed by atoms with Crippen LogP contribution >= 0.6 is 27.5 Å². The Balaban J connectivity index is 2.09. The highest BCUT2D eigenvalue weighted by Crippen LogP contribution is 2.23. The molecule has 5 heteroatoms. The third kappa shape index (κ3) is 3.94. The van der Waals surface area contributed by atoms with Crippen LogP contribution in [0.3, 0.4) is 0 Å². The Bertz CT molecular complexity index is 467. The highest BCUT2D eigenvalue weighted by molar-refractivity contribution is 9.10. The molecule has 0 aromatic heterocycles. The monoisotopic (exact) mass is 345 g/mol. The van der Waals surface area contributed by atoms with Gasteiger partial charge in [-0.05, 0) is 47.0 Å². The molecule has 1 aromatic carbocycles. The van der Waals surface area contributed by atoms with Crippen LogP contribution in [0.25, 0.3) is 0 Å². The number of hydrogen-bond donors (Lipinski definition) is 2. The van der Waals surface area contributed by atoms with E-state index in [1.165, 1.54) is 0 Å². The number of nitrogens with one attached hydrogen (secondary N) is 1. The first-order valence-electron chi connectivity index (χ1n) is 6.52. The summed E-state index contributed by atoms with van der Waals surface area (Å²) in [6.45, 7) is 0. The number of aliphatic hydroxyl groups excluding tert-OH is 1. The number of amides is 1. The molecule has 1 aromatic rings. The fourth-order valence-electron chi connectivity index (χ4n) is 2.37. The molecule has 2 atom stereocenters. The third-order valence-corrected chi connectivity index (χ3v) is 4.40. The minimum atomic E-state index is -0.454. The average molecular weight is 347 g/mol. The van der Waals surface area contributed by atoms with E-state index in [1.54, 1.807) is 18.2 Å². The van der Waals surface area contributed by atoms with Gasteiger partial charge in [0, 0.05) is 9.50 Å². The molecule has 0 heterocycles. The molecule has 0 radical (unpaired) electrons. The van der Waals surface area contributed by atoms with E-state index in [0.717, 1.165) is 32.1 Å². The highest BCUT2D eigenvalue weighted by atomic mass is 79.9. The Hall–Kier alpha value is -0.580. The molecule has 2 rings (SSSR count). The lowest BCUT2D eigenvalue weighted by molar-refractivity contribution is 0.0818. The van der Waals surface area contributed by atoms with Crippen LogP contribution in [0.2, 0.25) is 5.02 Å². The van der Waals surface area contributed by atoms with Gasteiger partial charge in [0.25, 0.3) is 5.91 Å². The molecule has 2 unspecified atom stereocenters. The van der Waals surface area contributed by atoms with E-state index in [9.17, 15) is 9.90 Å². The van der Waals surface area contributed by atoms with Crippen molar-refractivity contribution in [2.45, 2.75) is 44.2 Å². The molecular weight excluding hydrogens is 330 g/mol. The first-order chi connectivity index (χ1) is 9.08. The average Bonchev–Trinajstić information content (AvgIpc) is 2.58. The minimum Gasteiger partial charge on any atom is -0.391 e. The highest BCUT2D eigenvalue weighted by Gasteiger charge is 2.24. The Morgan fingerprint density at radius 1 is 1.32 bits per heavy atom. The first-order valence-corrected chi connectivity index (χ1v) is 7.69. The summed E-state index contributed by atoms with van der Waals surface area (Å²) in [5, 5.41) is 13.5. The maximum Gasteiger partial charge on any atom is 0.252 e. The van der Waals surface area contributed by atoms with Crippen molar-refractivity contribution in [3.8, 4) is 0 Å². The van der Waals surface area contributed by atoms with Crippen LogP contribution in [-0.2, 0) is 0 Å². The molecule has 0 saturated heterocycles. The van der Waals surface area contributed by atoms with Crippen LogP contribution < -0.4 is 5.32 Å². The van der Waals surface area contributed by atoms with E-state index < -0.39 is 6.10 Å². The van der Waals surface area contributed by atoms with Crippen LogP contribution in [0.15, 0.2) is 22.7 Å². The van der Waals surface area contributed by atoms with Gasteiger partial charge in [-0.15, -0.1) is 0 Å². The van der Waals surface area contributed by atoms with Gasteiger partial charge in [0.15, 0.2) is 0 Å². The molecule has 0 spiro atoms. The van der Waals surface area contributed by atoms with Gasteiger partial charge in [0.1, 0.15) is 0 Å². The normalized spacial score (nSPS) is 23.7. The molecule has 3 nitrogen and oxygen atoms in total. The van der Waals surface area contributed by atoms with E-state index in [2.05, 4.69) is 21.2 Å². The zero-order chi connectivity index (χ0) is 13.8. The van der Waals surface area contributed by atoms with Gasteiger partial charge in [0.05, 0.1) is 17.7 Å². The molecule has 1 aliphatic carbocycles. The van der Waals surface area contributed by atoms with Crippen LogP contribution in [-0.4, -0.2) is 23.2 Å². The smallest absolute Gasteiger partial charge is 0.252 e. The second kappa shape index (κ2) is 6.73. The van der Waals surface area contributed by atoms with Gasteiger partial charge < -0.3 is 10.4 Å². The molecule has 1 fully saturated rings. The SMILES string of the molecule is O=C(NC1CCCCCC1O)c1cc(Cl)ccc1Br. The molecule has 0 bridgehead atoms. The lowest BCUT2D eigenvalue weighted by atomic mass is 10.1. The van der Waals surface area contributed by atoms with Crippen molar-refractivity contribution in [3.63, 3.8) is 0 Å². The van der Waals surface area contributed by atoms with Crippen molar-refractivity contribution >= 4 is 33.4 Å². The fraction of sp³-hybridized carbons (Fsp3) is 0.500. The summed E-state index contributed by atoms with van der Waals surface area (Å²) in [5.41, 5.74) is 0.504. The Labute approximate surface area is 126 Å². The topological polar surface area (TPSA) is 49.3 Å². The Morgan fingerprint density at radius 3 is 2.84 bits per heavy atom. The van der Waals surface area contributed by atoms with Crippen molar-refractivity contribution in [2.75, 3.05) is 0 Å². The van der Waals surface area contributed by atoms with Crippen molar-refractivity contribution < 1.29 is 9.90 Å². The number of carbonyl (C=O) groups is 1. The zero-order valence-electron chi connectivity index (χ0n) is 10.5. The molecule has 19 heavy (non-hydrogen) atoms. The van der Waals surface area contributed by atoms with Crippen LogP contribution in [0.5, 0.6) is 0 Å². The largest absolute Gasteiger partial charge is 0.391 e. The summed E-state index contributed by atoms with van der Waals surface area (Å²) in [7, 11) is 0. The molecule has 104 valence electrons. The quantitative estimate of drug-likeness (QED) is 0.805. The molecule has 1 amide bonds. The minimum absolute atomic E-state index is 0.166. The number of rotatable bonds is 2. The predicted octanol–water partition coefficient (Wildman–Crippen LogP) is 3.53. The maximum absolute atomic E-state index is 12.2. The van der Waals surface area contributed by atoms with Gasteiger partial charge in [-0.3, -0.25) is 4.79 Å². The van der Waals surface area contributed by atoms with Crippen LogP contribution in [0, 0.1) is 0 Å². The van der Waals surface area contributed by atoms with Crippen LogP contribution in [0.4, 0.5) is 0 Å². The molecular formula is C14H17BrClNO2. The van der Waals surface area contributed by atoms with Gasteiger partial charge in [-0.1, -0.05) is 30.9 Å². The van der Waals surface area contributed by atoms with Crippen LogP contribution in [0.1, 0.15) is 42.5 Å². The summed E-state index contributed by atoms with van der Waals surface area (Å²) in [4.78, 5) is 12.2. The van der Waals surface area contributed by atoms with E-state index in [1.807, 2.05) is 0 Å². The molecule has 1 saturated carbocycles. The predicted molar refractivity (Wildman–Crippen MR) is 79.5 cm³/mol. The van der Waals surface area contributed by atoms with Gasteiger partial charge in [-0.25, -0.2) is 0 Å². The second-order valence-corrected chi connectivity index (χ2v) is 6.20. The molecule has 0 aliphatic heterocycles. The third-order valence-electron chi connectivity index (χ3n) is 3.47. The summed E-state index contributed by atoms with van der Waals surface area (Å²) < 4.78 is 0.706. The lowest BCUT2D eigenvalue weighted by Gasteiger charge is -2.22. The summed E-state index contributed by atoms with van der Waals surface area (Å²) in [5.74, 6) is -0.194. The number of benzene rings is 1. The van der Waals surface area contributed by atoms with Crippen molar-refractivity contribution in [3.05, 3.63) is 33.3 Å². The van der Waals surface area contributed by atoms with Gasteiger partial charge in [-0.2, -0.15) is 0 Å². The van der Waals surface area contributed by atoms with Gasteiger partial charge in [0.2, 0.25) is 0 Å². The Kier molecular flexibility index (Phi) is 5.25. The summed E-state index contributed by atoms with van der Waals surface area (Å²) in [6.07, 6.45) is 4.30. The van der Waals surface area contributed by atoms with E-state index in [-0.39, 0.29) is 11.9 Å².